The van der Waals surface area contributed by atoms with Crippen LogP contribution in [0.4, 0.5) is 0 Å². The summed E-state index contributed by atoms with van der Waals surface area (Å²) >= 11 is 0. The van der Waals surface area contributed by atoms with Gasteiger partial charge in [-0.25, -0.2) is 13.1 Å². The smallest absolute Gasteiger partial charge is 0.240 e. The molecule has 0 fully saturated rings. The summed E-state index contributed by atoms with van der Waals surface area (Å²) in [5.41, 5.74) is 2.55. The summed E-state index contributed by atoms with van der Waals surface area (Å²) in [6, 6.07) is 18.3. The summed E-state index contributed by atoms with van der Waals surface area (Å²) in [4.78, 5) is 0.271. The van der Waals surface area contributed by atoms with Crippen LogP contribution in [0.25, 0.3) is 11.3 Å². The van der Waals surface area contributed by atoms with Crippen molar-refractivity contribution in [1.29, 1.82) is 0 Å². The maximum atomic E-state index is 12.2. The van der Waals surface area contributed by atoms with Crippen molar-refractivity contribution in [3.8, 4) is 11.3 Å². The van der Waals surface area contributed by atoms with Crippen molar-refractivity contribution in [3.63, 3.8) is 0 Å². The highest BCUT2D eigenvalue weighted by atomic mass is 32.2. The van der Waals surface area contributed by atoms with Gasteiger partial charge in [0, 0.05) is 24.6 Å². The number of benzene rings is 2. The minimum absolute atomic E-state index is 0.261. The Morgan fingerprint density at radius 2 is 1.83 bits per heavy atom. The molecule has 1 aromatic heterocycles. The van der Waals surface area contributed by atoms with Gasteiger partial charge in [0.25, 0.3) is 0 Å². The van der Waals surface area contributed by atoms with Crippen molar-refractivity contribution in [2.75, 3.05) is 6.54 Å². The van der Waals surface area contributed by atoms with Crippen LogP contribution in [0.3, 0.4) is 0 Å². The van der Waals surface area contributed by atoms with Crippen LogP contribution in [0.2, 0.25) is 0 Å². The van der Waals surface area contributed by atoms with Crippen LogP contribution >= 0.6 is 0 Å². The van der Waals surface area contributed by atoms with Gasteiger partial charge in [-0.2, -0.15) is 0 Å². The topological polar surface area (TPSA) is 72.2 Å². The van der Waals surface area contributed by atoms with Gasteiger partial charge in [-0.05, 0) is 24.6 Å². The highest BCUT2D eigenvalue weighted by Crippen LogP contribution is 2.19. The number of hydrogen-bond donors (Lipinski definition) is 1. The maximum absolute atomic E-state index is 12.2. The average molecular weight is 342 g/mol. The molecule has 0 unspecified atom stereocenters. The monoisotopic (exact) mass is 342 g/mol. The van der Waals surface area contributed by atoms with Gasteiger partial charge in [-0.3, -0.25) is 0 Å². The lowest BCUT2D eigenvalue weighted by Crippen LogP contribution is -2.26. The third-order valence-electron chi connectivity index (χ3n) is 3.59. The molecule has 3 rings (SSSR count). The number of rotatable bonds is 6. The van der Waals surface area contributed by atoms with Crippen molar-refractivity contribution in [1.82, 2.24) is 9.88 Å². The van der Waals surface area contributed by atoms with E-state index < -0.39 is 10.0 Å². The first-order chi connectivity index (χ1) is 11.5. The number of nitrogens with one attached hydrogen (secondary N) is 1. The van der Waals surface area contributed by atoms with E-state index in [4.69, 9.17) is 4.52 Å². The zero-order valence-corrected chi connectivity index (χ0v) is 14.1. The van der Waals surface area contributed by atoms with Crippen LogP contribution in [0.5, 0.6) is 0 Å². The lowest BCUT2D eigenvalue weighted by molar-refractivity contribution is 0.423. The van der Waals surface area contributed by atoms with E-state index in [1.807, 2.05) is 49.4 Å². The van der Waals surface area contributed by atoms with Gasteiger partial charge in [0.2, 0.25) is 10.0 Å². The molecule has 6 heteroatoms. The minimum Gasteiger partial charge on any atom is -0.356 e. The quantitative estimate of drug-likeness (QED) is 0.747. The van der Waals surface area contributed by atoms with Gasteiger partial charge in [0.05, 0.1) is 10.6 Å². The van der Waals surface area contributed by atoms with Crippen LogP contribution in [-0.4, -0.2) is 20.1 Å². The van der Waals surface area contributed by atoms with Crippen LogP contribution in [0.15, 0.2) is 70.1 Å². The molecule has 0 bridgehead atoms. The minimum atomic E-state index is -3.51. The fourth-order valence-corrected chi connectivity index (χ4v) is 3.48. The Kier molecular flexibility index (Phi) is 4.78. The van der Waals surface area contributed by atoms with Crippen molar-refractivity contribution in [2.45, 2.75) is 18.2 Å². The van der Waals surface area contributed by atoms with Gasteiger partial charge in [0.15, 0.2) is 5.76 Å². The predicted octanol–water partition coefficient (Wildman–Crippen LogP) is 3.17. The number of aryl methyl sites for hydroxylation is 1. The van der Waals surface area contributed by atoms with E-state index in [1.54, 1.807) is 18.2 Å². The molecule has 0 spiro atoms. The third kappa shape index (κ3) is 3.90. The molecule has 2 aromatic carbocycles. The lowest BCUT2D eigenvalue weighted by atomic mass is 10.1. The molecule has 124 valence electrons. The zero-order valence-electron chi connectivity index (χ0n) is 13.3. The predicted molar refractivity (Wildman–Crippen MR) is 92.0 cm³/mol. The van der Waals surface area contributed by atoms with E-state index in [-0.39, 0.29) is 11.4 Å². The largest absolute Gasteiger partial charge is 0.356 e. The molecule has 24 heavy (non-hydrogen) atoms. The molecule has 0 radical (unpaired) electrons. The number of sulfonamides is 1. The average Bonchev–Trinajstić information content (AvgIpc) is 3.04. The maximum Gasteiger partial charge on any atom is 0.240 e. The molecule has 0 aliphatic rings. The van der Waals surface area contributed by atoms with Crippen molar-refractivity contribution in [3.05, 3.63) is 71.9 Å². The first-order valence-electron chi connectivity index (χ1n) is 7.62. The third-order valence-corrected chi connectivity index (χ3v) is 5.05. The summed E-state index contributed by atoms with van der Waals surface area (Å²) in [7, 11) is -3.51. The van der Waals surface area contributed by atoms with E-state index >= 15 is 0 Å². The Morgan fingerprint density at radius 1 is 1.04 bits per heavy atom. The molecular formula is C18H18N2O3S. The molecule has 1 heterocycles. The van der Waals surface area contributed by atoms with Gasteiger partial charge < -0.3 is 4.52 Å². The van der Waals surface area contributed by atoms with Gasteiger partial charge in [0.1, 0.15) is 0 Å². The molecule has 3 aromatic rings. The molecule has 0 saturated carbocycles. The molecule has 1 N–H and O–H groups in total. The van der Waals surface area contributed by atoms with Crippen molar-refractivity contribution < 1.29 is 12.9 Å². The van der Waals surface area contributed by atoms with E-state index in [1.165, 1.54) is 0 Å². The van der Waals surface area contributed by atoms with Crippen LogP contribution in [0, 0.1) is 6.92 Å². The van der Waals surface area contributed by atoms with E-state index in [9.17, 15) is 8.42 Å². The Morgan fingerprint density at radius 3 is 2.58 bits per heavy atom. The summed E-state index contributed by atoms with van der Waals surface area (Å²) in [6.07, 6.45) is 0.460. The second-order valence-electron chi connectivity index (χ2n) is 5.51. The Bertz CT molecular complexity index is 918. The molecule has 0 aliphatic heterocycles. The Hall–Kier alpha value is -2.44. The first-order valence-corrected chi connectivity index (χ1v) is 9.10. The summed E-state index contributed by atoms with van der Waals surface area (Å²) in [5, 5.41) is 3.99. The number of hydrogen-bond acceptors (Lipinski definition) is 4. The fraction of sp³-hybridized carbons (Fsp3) is 0.167. The zero-order chi connectivity index (χ0) is 17.0. The molecule has 5 nitrogen and oxygen atoms in total. The highest BCUT2D eigenvalue weighted by Gasteiger charge is 2.14. The molecule has 0 aliphatic carbocycles. The second kappa shape index (κ2) is 6.98. The SMILES string of the molecule is Cc1cccc(S(=O)(=O)NCCc2cc(-c3ccccc3)on2)c1. The summed E-state index contributed by atoms with van der Waals surface area (Å²) in [6.45, 7) is 2.12. The Labute approximate surface area is 141 Å². The molecule has 0 amide bonds. The molecular weight excluding hydrogens is 324 g/mol. The number of nitrogens with zero attached hydrogens (tertiary/aromatic N) is 1. The standard InChI is InChI=1S/C18H18N2O3S/c1-14-6-5-9-17(12-14)24(21,22)19-11-10-16-13-18(23-20-16)15-7-3-2-4-8-15/h2-9,12-13,19H,10-11H2,1H3. The van der Waals surface area contributed by atoms with Crippen molar-refractivity contribution in [2.24, 2.45) is 0 Å². The second-order valence-corrected chi connectivity index (χ2v) is 7.28. The molecule has 0 saturated heterocycles. The molecule has 0 atom stereocenters. The van der Waals surface area contributed by atoms with Gasteiger partial charge >= 0.3 is 0 Å². The highest BCUT2D eigenvalue weighted by molar-refractivity contribution is 7.89. The summed E-state index contributed by atoms with van der Waals surface area (Å²) in [5.74, 6) is 0.673. The van der Waals surface area contributed by atoms with Crippen molar-refractivity contribution >= 4 is 10.0 Å². The van der Waals surface area contributed by atoms with E-state index in [0.717, 1.165) is 11.1 Å². The Balaban J connectivity index is 1.62. The number of aromatic nitrogens is 1. The normalized spacial score (nSPS) is 11.5. The van der Waals surface area contributed by atoms with Crippen LogP contribution < -0.4 is 4.72 Å². The van der Waals surface area contributed by atoms with Gasteiger partial charge in [-0.15, -0.1) is 0 Å². The van der Waals surface area contributed by atoms with E-state index in [0.29, 0.717) is 17.9 Å². The lowest BCUT2D eigenvalue weighted by Gasteiger charge is -2.06. The van der Waals surface area contributed by atoms with Crippen LogP contribution in [-0.2, 0) is 16.4 Å². The van der Waals surface area contributed by atoms with Gasteiger partial charge in [-0.1, -0.05) is 47.6 Å². The van der Waals surface area contributed by atoms with E-state index in [2.05, 4.69) is 9.88 Å². The summed E-state index contributed by atoms with van der Waals surface area (Å²) < 4.78 is 32.4. The fourth-order valence-electron chi connectivity index (χ4n) is 2.35. The first kappa shape index (κ1) is 16.4. The van der Waals surface area contributed by atoms with Crippen LogP contribution in [0.1, 0.15) is 11.3 Å².